The van der Waals surface area contributed by atoms with Crippen molar-refractivity contribution in [3.05, 3.63) is 36.5 Å². The molecule has 0 fully saturated rings. The maximum Gasteiger partial charge on any atom is 0.156 e. The Balaban J connectivity index is 2.25. The summed E-state index contributed by atoms with van der Waals surface area (Å²) in [5.41, 5.74) is 1.19. The van der Waals surface area contributed by atoms with Crippen molar-refractivity contribution in [2.45, 2.75) is 6.42 Å². The van der Waals surface area contributed by atoms with Crippen molar-refractivity contribution in [3.8, 4) is 5.82 Å². The van der Waals surface area contributed by atoms with Gasteiger partial charge in [-0.15, -0.1) is 0 Å². The van der Waals surface area contributed by atoms with Gasteiger partial charge in [0.2, 0.25) is 0 Å². The largest absolute Gasteiger partial charge is 0.245 e. The van der Waals surface area contributed by atoms with Gasteiger partial charge in [0.15, 0.2) is 5.82 Å². The molecule has 0 aliphatic rings. The topological polar surface area (TPSA) is 43.6 Å². The van der Waals surface area contributed by atoms with Crippen LogP contribution < -0.4 is 0 Å². The first-order chi connectivity index (χ1) is 6.90. The lowest BCUT2D eigenvalue weighted by Gasteiger charge is -1.96. The summed E-state index contributed by atoms with van der Waals surface area (Å²) in [5.74, 6) is 0.792. The van der Waals surface area contributed by atoms with Gasteiger partial charge in [-0.3, -0.25) is 0 Å². The fourth-order valence-corrected chi connectivity index (χ4v) is 1.60. The van der Waals surface area contributed by atoms with Crippen LogP contribution in [0.4, 0.5) is 0 Å². The van der Waals surface area contributed by atoms with Crippen LogP contribution in [0.25, 0.3) is 5.82 Å². The molecule has 0 bridgehead atoms. The fourth-order valence-electron chi connectivity index (χ4n) is 1.14. The van der Waals surface area contributed by atoms with Gasteiger partial charge < -0.3 is 0 Å². The summed E-state index contributed by atoms with van der Waals surface area (Å²) in [6.07, 6.45) is 8.02. The standard InChI is InChI=1S/C9H9BrN4/c10-3-1-8-5-13-14(6-8)9-2-4-11-7-12-9/h2,4-7H,1,3H2. The highest BCUT2D eigenvalue weighted by Crippen LogP contribution is 2.05. The molecule has 0 aromatic carbocycles. The fraction of sp³-hybridized carbons (Fsp3) is 0.222. The molecule has 2 rings (SSSR count). The summed E-state index contributed by atoms with van der Waals surface area (Å²) in [7, 11) is 0. The first-order valence-corrected chi connectivity index (χ1v) is 5.38. The SMILES string of the molecule is BrCCc1cnn(-c2ccncn2)c1. The Labute approximate surface area is 90.1 Å². The number of alkyl halides is 1. The molecule has 5 heteroatoms. The Kier molecular flexibility index (Phi) is 2.88. The van der Waals surface area contributed by atoms with Crippen LogP contribution in [0.3, 0.4) is 0 Å². The smallest absolute Gasteiger partial charge is 0.156 e. The predicted octanol–water partition coefficient (Wildman–Crippen LogP) is 1.60. The van der Waals surface area contributed by atoms with E-state index in [1.54, 1.807) is 10.9 Å². The van der Waals surface area contributed by atoms with Crippen molar-refractivity contribution in [1.82, 2.24) is 19.7 Å². The van der Waals surface area contributed by atoms with Crippen LogP contribution in [-0.4, -0.2) is 25.1 Å². The Morgan fingerprint density at radius 3 is 3.07 bits per heavy atom. The van der Waals surface area contributed by atoms with Crippen LogP contribution in [-0.2, 0) is 6.42 Å². The zero-order valence-electron chi connectivity index (χ0n) is 7.47. The van der Waals surface area contributed by atoms with E-state index >= 15 is 0 Å². The van der Waals surface area contributed by atoms with E-state index in [9.17, 15) is 0 Å². The second kappa shape index (κ2) is 4.32. The lowest BCUT2D eigenvalue weighted by molar-refractivity contribution is 0.838. The van der Waals surface area contributed by atoms with Crippen LogP contribution in [0.2, 0.25) is 0 Å². The van der Waals surface area contributed by atoms with Crippen LogP contribution in [0.1, 0.15) is 5.56 Å². The average molecular weight is 253 g/mol. The van der Waals surface area contributed by atoms with E-state index in [1.165, 1.54) is 11.9 Å². The minimum Gasteiger partial charge on any atom is -0.245 e. The van der Waals surface area contributed by atoms with Crippen molar-refractivity contribution in [2.24, 2.45) is 0 Å². The Hall–Kier alpha value is -1.23. The minimum atomic E-state index is 0.792. The lowest BCUT2D eigenvalue weighted by Crippen LogP contribution is -1.97. The summed E-state index contributed by atoms with van der Waals surface area (Å²) in [6.45, 7) is 0. The third kappa shape index (κ3) is 1.98. The highest BCUT2D eigenvalue weighted by molar-refractivity contribution is 9.09. The molecule has 0 unspecified atom stereocenters. The second-order valence-electron chi connectivity index (χ2n) is 2.80. The van der Waals surface area contributed by atoms with Crippen LogP contribution in [0.15, 0.2) is 31.0 Å². The van der Waals surface area contributed by atoms with E-state index < -0.39 is 0 Å². The summed E-state index contributed by atoms with van der Waals surface area (Å²) in [6, 6.07) is 1.82. The molecule has 0 radical (unpaired) electrons. The van der Waals surface area contributed by atoms with Gasteiger partial charge in [0.1, 0.15) is 6.33 Å². The molecule has 0 aliphatic carbocycles. The van der Waals surface area contributed by atoms with Crippen LogP contribution >= 0.6 is 15.9 Å². The Morgan fingerprint density at radius 1 is 1.43 bits per heavy atom. The van der Waals surface area contributed by atoms with Gasteiger partial charge >= 0.3 is 0 Å². The van der Waals surface area contributed by atoms with Gasteiger partial charge in [-0.25, -0.2) is 14.6 Å². The lowest BCUT2D eigenvalue weighted by atomic mass is 10.3. The van der Waals surface area contributed by atoms with E-state index in [1.807, 2.05) is 18.5 Å². The van der Waals surface area contributed by atoms with Crippen LogP contribution in [0.5, 0.6) is 0 Å². The maximum atomic E-state index is 4.21. The van der Waals surface area contributed by atoms with Crippen molar-refractivity contribution < 1.29 is 0 Å². The quantitative estimate of drug-likeness (QED) is 0.780. The molecule has 2 aromatic heterocycles. The molecule has 2 aromatic rings. The first kappa shape index (κ1) is 9.33. The van der Waals surface area contributed by atoms with E-state index in [0.717, 1.165) is 17.6 Å². The molecule has 72 valence electrons. The van der Waals surface area contributed by atoms with Gasteiger partial charge in [0, 0.05) is 23.8 Å². The van der Waals surface area contributed by atoms with Crippen LogP contribution in [0, 0.1) is 0 Å². The number of hydrogen-bond donors (Lipinski definition) is 0. The normalized spacial score (nSPS) is 10.4. The zero-order chi connectivity index (χ0) is 9.80. The molecule has 4 nitrogen and oxygen atoms in total. The van der Waals surface area contributed by atoms with Crippen molar-refractivity contribution in [1.29, 1.82) is 0 Å². The van der Waals surface area contributed by atoms with Gasteiger partial charge in [-0.05, 0) is 12.0 Å². The summed E-state index contributed by atoms with van der Waals surface area (Å²) < 4.78 is 1.75. The average Bonchev–Trinajstić information content (AvgIpc) is 2.68. The molecule has 0 amide bonds. The maximum absolute atomic E-state index is 4.21. The molecule has 0 atom stereocenters. The zero-order valence-corrected chi connectivity index (χ0v) is 9.05. The number of nitrogens with zero attached hydrogens (tertiary/aromatic N) is 4. The second-order valence-corrected chi connectivity index (χ2v) is 3.59. The first-order valence-electron chi connectivity index (χ1n) is 4.26. The van der Waals surface area contributed by atoms with Gasteiger partial charge in [-0.1, -0.05) is 15.9 Å². The number of halogens is 1. The van der Waals surface area contributed by atoms with Gasteiger partial charge in [0.05, 0.1) is 6.20 Å². The molecule has 14 heavy (non-hydrogen) atoms. The van der Waals surface area contributed by atoms with Crippen molar-refractivity contribution in [2.75, 3.05) is 5.33 Å². The summed E-state index contributed by atoms with van der Waals surface area (Å²) in [5, 5.41) is 5.16. The molecular weight excluding hydrogens is 244 g/mol. The number of hydrogen-bond acceptors (Lipinski definition) is 3. The van der Waals surface area contributed by atoms with E-state index in [2.05, 4.69) is 31.0 Å². The number of rotatable bonds is 3. The molecule has 0 spiro atoms. The van der Waals surface area contributed by atoms with Gasteiger partial charge in [0.25, 0.3) is 0 Å². The summed E-state index contributed by atoms with van der Waals surface area (Å²) in [4.78, 5) is 7.95. The minimum absolute atomic E-state index is 0.792. The molecule has 0 saturated carbocycles. The molecule has 2 heterocycles. The monoisotopic (exact) mass is 252 g/mol. The molecular formula is C9H9BrN4. The Bertz CT molecular complexity index is 398. The molecule has 0 saturated heterocycles. The molecule has 0 aliphatic heterocycles. The van der Waals surface area contributed by atoms with E-state index in [4.69, 9.17) is 0 Å². The number of aryl methyl sites for hydroxylation is 1. The third-order valence-electron chi connectivity index (χ3n) is 1.82. The summed E-state index contributed by atoms with van der Waals surface area (Å²) >= 11 is 3.39. The molecule has 0 N–H and O–H groups in total. The highest BCUT2D eigenvalue weighted by atomic mass is 79.9. The van der Waals surface area contributed by atoms with Crippen molar-refractivity contribution >= 4 is 15.9 Å². The van der Waals surface area contributed by atoms with Crippen molar-refractivity contribution in [3.63, 3.8) is 0 Å². The third-order valence-corrected chi connectivity index (χ3v) is 2.22. The number of aromatic nitrogens is 4. The van der Waals surface area contributed by atoms with E-state index in [0.29, 0.717) is 0 Å². The predicted molar refractivity (Wildman–Crippen MR) is 56.7 cm³/mol. The Morgan fingerprint density at radius 2 is 2.36 bits per heavy atom. The van der Waals surface area contributed by atoms with E-state index in [-0.39, 0.29) is 0 Å². The highest BCUT2D eigenvalue weighted by Gasteiger charge is 2.00. The van der Waals surface area contributed by atoms with Gasteiger partial charge in [-0.2, -0.15) is 5.10 Å².